The van der Waals surface area contributed by atoms with Gasteiger partial charge in [0.25, 0.3) is 0 Å². The van der Waals surface area contributed by atoms with Gasteiger partial charge in [0.15, 0.2) is 0 Å². The average Bonchev–Trinajstić information content (AvgIpc) is 3.04. The average molecular weight is 372 g/mol. The molecule has 5 atom stereocenters. The number of aliphatic hydroxyl groups is 4. The fraction of sp³-hybridized carbons (Fsp3) is 0.429. The van der Waals surface area contributed by atoms with Crippen LogP contribution in [0.2, 0.25) is 0 Å². The Hall–Kier alpha value is -1.80. The first kappa shape index (κ1) is 18.6. The van der Waals surface area contributed by atoms with E-state index in [0.29, 0.717) is 12.0 Å². The maximum atomic E-state index is 10.6. The largest absolute Gasteiger partial charge is 0.394 e. The number of hydrogen-bond acceptors (Lipinski definition) is 6. The molecule has 27 heavy (non-hydrogen) atoms. The molecular formula is C21H24O6. The molecule has 6 nitrogen and oxygen atoms in total. The van der Waals surface area contributed by atoms with E-state index in [1.54, 1.807) is 0 Å². The van der Waals surface area contributed by atoms with Crippen LogP contribution in [-0.4, -0.2) is 51.4 Å². The normalized spacial score (nSPS) is 32.6. The predicted octanol–water partition coefficient (Wildman–Crippen LogP) is 0.743. The molecule has 1 unspecified atom stereocenters. The summed E-state index contributed by atoms with van der Waals surface area (Å²) in [5.74, 6) is -1.59. The number of rotatable bonds is 3. The van der Waals surface area contributed by atoms with Gasteiger partial charge in [-0.1, -0.05) is 36.4 Å². The number of fused-ring (bicyclic) bond motifs is 2. The molecule has 2 aromatic carbocycles. The Bertz CT molecular complexity index is 835. The molecule has 2 heterocycles. The number of aliphatic hydroxyl groups excluding tert-OH is 4. The van der Waals surface area contributed by atoms with Gasteiger partial charge in [0.2, 0.25) is 5.79 Å². The number of ether oxygens (including phenoxy) is 2. The van der Waals surface area contributed by atoms with Crippen molar-refractivity contribution in [1.82, 2.24) is 0 Å². The van der Waals surface area contributed by atoms with Gasteiger partial charge in [-0.15, -0.1) is 0 Å². The fourth-order valence-electron chi connectivity index (χ4n) is 3.96. The lowest BCUT2D eigenvalue weighted by Crippen LogP contribution is -2.63. The molecule has 0 saturated carbocycles. The van der Waals surface area contributed by atoms with Crippen molar-refractivity contribution in [1.29, 1.82) is 0 Å². The van der Waals surface area contributed by atoms with Crippen molar-refractivity contribution in [3.8, 4) is 0 Å². The summed E-state index contributed by atoms with van der Waals surface area (Å²) in [5.41, 5.74) is 4.88. The van der Waals surface area contributed by atoms with Crippen molar-refractivity contribution in [2.24, 2.45) is 0 Å². The van der Waals surface area contributed by atoms with Gasteiger partial charge in [-0.05, 0) is 41.7 Å². The van der Waals surface area contributed by atoms with E-state index in [9.17, 15) is 20.4 Å². The molecule has 0 bridgehead atoms. The molecule has 0 aromatic heterocycles. The van der Waals surface area contributed by atoms with Crippen molar-refractivity contribution in [2.75, 3.05) is 6.61 Å². The molecule has 1 saturated heterocycles. The second-order valence-electron chi connectivity index (χ2n) is 7.32. The topological polar surface area (TPSA) is 99.4 Å². The van der Waals surface area contributed by atoms with Crippen LogP contribution in [0.1, 0.15) is 27.8 Å². The number of benzene rings is 2. The lowest BCUT2D eigenvalue weighted by atomic mass is 9.86. The van der Waals surface area contributed by atoms with Crippen LogP contribution in [0.15, 0.2) is 42.5 Å². The van der Waals surface area contributed by atoms with Crippen molar-refractivity contribution >= 4 is 0 Å². The first-order valence-electron chi connectivity index (χ1n) is 9.10. The van der Waals surface area contributed by atoms with E-state index < -0.39 is 36.8 Å². The summed E-state index contributed by atoms with van der Waals surface area (Å²) < 4.78 is 11.6. The Morgan fingerprint density at radius 1 is 1.07 bits per heavy atom. The van der Waals surface area contributed by atoms with Crippen molar-refractivity contribution in [3.63, 3.8) is 0 Å². The molecule has 1 fully saturated rings. The lowest BCUT2D eigenvalue weighted by Gasteiger charge is -2.46. The highest BCUT2D eigenvalue weighted by atomic mass is 16.7. The zero-order chi connectivity index (χ0) is 19.2. The summed E-state index contributed by atoms with van der Waals surface area (Å²) >= 11 is 0. The maximum absolute atomic E-state index is 10.6. The minimum absolute atomic E-state index is 0.220. The van der Waals surface area contributed by atoms with E-state index in [2.05, 4.69) is 19.1 Å². The molecule has 6 heteroatoms. The van der Waals surface area contributed by atoms with Gasteiger partial charge in [0.05, 0.1) is 13.2 Å². The van der Waals surface area contributed by atoms with Crippen molar-refractivity contribution in [3.05, 3.63) is 70.3 Å². The van der Waals surface area contributed by atoms with Gasteiger partial charge < -0.3 is 29.9 Å². The Kier molecular flexibility index (Phi) is 4.80. The Morgan fingerprint density at radius 2 is 1.85 bits per heavy atom. The van der Waals surface area contributed by atoms with Gasteiger partial charge in [-0.3, -0.25) is 0 Å². The maximum Gasteiger partial charge on any atom is 0.225 e. The van der Waals surface area contributed by atoms with Gasteiger partial charge in [0, 0.05) is 5.56 Å². The standard InChI is InChI=1S/C21H24O6/c1-12-4-2-3-5-14(12)8-13-6-7-15-11-26-21(16(15)9-13)20(25)19(24)18(23)17(10-22)27-21/h2-7,9,17-20,22-25H,8,10-11H2,1H3/t17-,18-,19+,20-,21?/m1/s1. The molecule has 4 N–H and O–H groups in total. The van der Waals surface area contributed by atoms with E-state index >= 15 is 0 Å². The summed E-state index contributed by atoms with van der Waals surface area (Å²) in [4.78, 5) is 0. The molecule has 4 rings (SSSR count). The monoisotopic (exact) mass is 372 g/mol. The van der Waals surface area contributed by atoms with Gasteiger partial charge in [-0.25, -0.2) is 0 Å². The van der Waals surface area contributed by atoms with Crippen LogP contribution < -0.4 is 0 Å². The minimum atomic E-state index is -1.59. The summed E-state index contributed by atoms with van der Waals surface area (Å²) in [6, 6.07) is 14.0. The van der Waals surface area contributed by atoms with Gasteiger partial charge in [-0.2, -0.15) is 0 Å². The first-order chi connectivity index (χ1) is 13.0. The SMILES string of the molecule is Cc1ccccc1Cc1ccc2c(c1)C1(OC2)O[C@H](CO)[C@@H](O)[C@H](O)[C@H]1O. The summed E-state index contributed by atoms with van der Waals surface area (Å²) in [6.07, 6.45) is -4.68. The van der Waals surface area contributed by atoms with E-state index in [4.69, 9.17) is 9.47 Å². The lowest BCUT2D eigenvalue weighted by molar-refractivity contribution is -0.368. The van der Waals surface area contributed by atoms with Gasteiger partial charge in [0.1, 0.15) is 24.4 Å². The number of aryl methyl sites for hydroxylation is 1. The molecule has 144 valence electrons. The second-order valence-corrected chi connectivity index (χ2v) is 7.32. The predicted molar refractivity (Wildman–Crippen MR) is 96.9 cm³/mol. The molecule has 2 aliphatic heterocycles. The summed E-state index contributed by atoms with van der Waals surface area (Å²) in [6.45, 7) is 1.79. The molecular weight excluding hydrogens is 348 g/mol. The van der Waals surface area contributed by atoms with E-state index in [-0.39, 0.29) is 6.61 Å². The Morgan fingerprint density at radius 3 is 2.59 bits per heavy atom. The number of hydrogen-bond donors (Lipinski definition) is 4. The van der Waals surface area contributed by atoms with Crippen molar-refractivity contribution in [2.45, 2.75) is 50.2 Å². The highest BCUT2D eigenvalue weighted by Crippen LogP contribution is 2.46. The highest BCUT2D eigenvalue weighted by molar-refractivity contribution is 5.41. The third-order valence-corrected chi connectivity index (χ3v) is 5.60. The minimum Gasteiger partial charge on any atom is -0.394 e. The van der Waals surface area contributed by atoms with Crippen LogP contribution in [0.4, 0.5) is 0 Å². The van der Waals surface area contributed by atoms with Crippen LogP contribution in [-0.2, 0) is 28.3 Å². The van der Waals surface area contributed by atoms with Crippen LogP contribution >= 0.6 is 0 Å². The molecule has 1 spiro atoms. The molecule has 0 radical (unpaired) electrons. The fourth-order valence-corrected chi connectivity index (χ4v) is 3.96. The zero-order valence-corrected chi connectivity index (χ0v) is 15.1. The summed E-state index contributed by atoms with van der Waals surface area (Å²) in [5, 5.41) is 40.4. The summed E-state index contributed by atoms with van der Waals surface area (Å²) in [7, 11) is 0. The third kappa shape index (κ3) is 2.99. The molecule has 2 aliphatic rings. The second kappa shape index (κ2) is 6.98. The first-order valence-corrected chi connectivity index (χ1v) is 9.10. The molecule has 2 aromatic rings. The smallest absolute Gasteiger partial charge is 0.225 e. The zero-order valence-electron chi connectivity index (χ0n) is 15.1. The van der Waals surface area contributed by atoms with Crippen LogP contribution in [0.3, 0.4) is 0 Å². The van der Waals surface area contributed by atoms with Crippen LogP contribution in [0, 0.1) is 6.92 Å². The molecule has 0 aliphatic carbocycles. The highest BCUT2D eigenvalue weighted by Gasteiger charge is 2.58. The van der Waals surface area contributed by atoms with Gasteiger partial charge >= 0.3 is 0 Å². The van der Waals surface area contributed by atoms with E-state index in [1.165, 1.54) is 11.1 Å². The Labute approximate surface area is 157 Å². The molecule has 0 amide bonds. The van der Waals surface area contributed by atoms with Crippen molar-refractivity contribution < 1.29 is 29.9 Å². The quantitative estimate of drug-likeness (QED) is 0.634. The van der Waals surface area contributed by atoms with Crippen LogP contribution in [0.25, 0.3) is 0 Å². The third-order valence-electron chi connectivity index (χ3n) is 5.60. The Balaban J connectivity index is 1.71. The van der Waals surface area contributed by atoms with Crippen LogP contribution in [0.5, 0.6) is 0 Å². The van der Waals surface area contributed by atoms with E-state index in [0.717, 1.165) is 11.1 Å². The van der Waals surface area contributed by atoms with E-state index in [1.807, 2.05) is 30.3 Å².